The zero-order valence-corrected chi connectivity index (χ0v) is 14.4. The van der Waals surface area contributed by atoms with Crippen LogP contribution in [0.15, 0.2) is 49.1 Å². The van der Waals surface area contributed by atoms with Gasteiger partial charge in [-0.25, -0.2) is 4.98 Å². The van der Waals surface area contributed by atoms with Gasteiger partial charge in [0.1, 0.15) is 17.8 Å². The summed E-state index contributed by atoms with van der Waals surface area (Å²) in [5.74, 6) is 0.675. The van der Waals surface area contributed by atoms with Crippen molar-refractivity contribution in [1.82, 2.24) is 20.4 Å². The van der Waals surface area contributed by atoms with Crippen molar-refractivity contribution in [3.63, 3.8) is 0 Å². The van der Waals surface area contributed by atoms with Gasteiger partial charge < -0.3 is 10.5 Å². The van der Waals surface area contributed by atoms with Gasteiger partial charge in [-0.1, -0.05) is 6.07 Å². The van der Waals surface area contributed by atoms with E-state index in [0.29, 0.717) is 11.3 Å². The fraction of sp³-hybridized carbons (Fsp3) is 0.111. The highest BCUT2D eigenvalue weighted by Crippen LogP contribution is 2.29. The quantitative estimate of drug-likeness (QED) is 0.606. The van der Waals surface area contributed by atoms with Crippen molar-refractivity contribution in [2.24, 2.45) is 0 Å². The standard InChI is InChI=1S/C18H18N6O2/c1-11-5-6-14(8-12(11)2)26-18-15(19)16(21-10-22-18)23-24-17(25)13-4-3-7-20-9-13/h3-10H,19H2,1-2H3,(H,24,25)(H,21,22,23). The fourth-order valence-electron chi connectivity index (χ4n) is 2.13. The van der Waals surface area contributed by atoms with E-state index in [2.05, 4.69) is 25.8 Å². The largest absolute Gasteiger partial charge is 0.437 e. The van der Waals surface area contributed by atoms with Crippen LogP contribution in [-0.4, -0.2) is 20.9 Å². The molecular weight excluding hydrogens is 332 g/mol. The molecule has 1 aromatic carbocycles. The van der Waals surface area contributed by atoms with E-state index in [9.17, 15) is 4.79 Å². The first-order valence-electron chi connectivity index (χ1n) is 7.86. The Morgan fingerprint density at radius 2 is 2.00 bits per heavy atom. The molecule has 3 rings (SSSR count). The molecule has 26 heavy (non-hydrogen) atoms. The lowest BCUT2D eigenvalue weighted by molar-refractivity contribution is 0.0962. The average molecular weight is 350 g/mol. The van der Waals surface area contributed by atoms with Crippen molar-refractivity contribution in [2.75, 3.05) is 11.2 Å². The van der Waals surface area contributed by atoms with Crippen LogP contribution in [0.5, 0.6) is 11.6 Å². The monoisotopic (exact) mass is 350 g/mol. The molecule has 0 atom stereocenters. The number of hydrazine groups is 1. The highest BCUT2D eigenvalue weighted by molar-refractivity contribution is 5.94. The molecule has 132 valence electrons. The van der Waals surface area contributed by atoms with Gasteiger partial charge in [0.2, 0.25) is 5.88 Å². The number of nitrogens with one attached hydrogen (secondary N) is 2. The Balaban J connectivity index is 1.72. The van der Waals surface area contributed by atoms with Gasteiger partial charge in [-0.2, -0.15) is 4.98 Å². The molecule has 1 amide bonds. The van der Waals surface area contributed by atoms with Crippen molar-refractivity contribution >= 4 is 17.4 Å². The first kappa shape index (κ1) is 17.2. The van der Waals surface area contributed by atoms with Gasteiger partial charge in [-0.3, -0.25) is 20.6 Å². The van der Waals surface area contributed by atoms with Gasteiger partial charge in [0.05, 0.1) is 5.56 Å². The Bertz CT molecular complexity index is 930. The summed E-state index contributed by atoms with van der Waals surface area (Å²) in [5, 5.41) is 0. The summed E-state index contributed by atoms with van der Waals surface area (Å²) >= 11 is 0. The van der Waals surface area contributed by atoms with Gasteiger partial charge in [0.15, 0.2) is 5.82 Å². The molecule has 0 aliphatic rings. The van der Waals surface area contributed by atoms with Crippen molar-refractivity contribution in [2.45, 2.75) is 13.8 Å². The van der Waals surface area contributed by atoms with Gasteiger partial charge in [-0.05, 0) is 49.2 Å². The second-order valence-corrected chi connectivity index (χ2v) is 5.61. The maximum atomic E-state index is 12.0. The van der Waals surface area contributed by atoms with Crippen molar-refractivity contribution in [3.05, 3.63) is 65.7 Å². The Hall–Kier alpha value is -3.68. The van der Waals surface area contributed by atoms with E-state index >= 15 is 0 Å². The smallest absolute Gasteiger partial charge is 0.271 e. The third-order valence-corrected chi connectivity index (χ3v) is 3.76. The predicted molar refractivity (Wildman–Crippen MR) is 97.8 cm³/mol. The lowest BCUT2D eigenvalue weighted by Crippen LogP contribution is -2.30. The van der Waals surface area contributed by atoms with E-state index in [-0.39, 0.29) is 23.3 Å². The molecule has 8 heteroatoms. The van der Waals surface area contributed by atoms with Crippen LogP contribution in [0.2, 0.25) is 0 Å². The van der Waals surface area contributed by atoms with Crippen molar-refractivity contribution in [3.8, 4) is 11.6 Å². The predicted octanol–water partition coefficient (Wildman–Crippen LogP) is 2.62. The number of anilines is 2. The van der Waals surface area contributed by atoms with Gasteiger partial charge >= 0.3 is 0 Å². The molecule has 3 aromatic rings. The first-order valence-corrected chi connectivity index (χ1v) is 7.86. The van der Waals surface area contributed by atoms with Crippen molar-refractivity contribution < 1.29 is 9.53 Å². The summed E-state index contributed by atoms with van der Waals surface area (Å²) in [7, 11) is 0. The molecule has 2 aromatic heterocycles. The zero-order valence-electron chi connectivity index (χ0n) is 14.4. The number of amides is 1. The summed E-state index contributed by atoms with van der Waals surface area (Å²) in [5.41, 5.74) is 14.1. The molecule has 0 aliphatic heterocycles. The van der Waals surface area contributed by atoms with Gasteiger partial charge in [-0.15, -0.1) is 0 Å². The van der Waals surface area contributed by atoms with E-state index in [1.54, 1.807) is 18.3 Å². The van der Waals surface area contributed by atoms with Crippen LogP contribution >= 0.6 is 0 Å². The number of nitrogens with two attached hydrogens (primary N) is 1. The molecule has 4 N–H and O–H groups in total. The number of aromatic nitrogens is 3. The van der Waals surface area contributed by atoms with Crippen LogP contribution in [0.25, 0.3) is 0 Å². The maximum absolute atomic E-state index is 12.0. The number of hydrogen-bond donors (Lipinski definition) is 3. The SMILES string of the molecule is Cc1ccc(Oc2ncnc(NNC(=O)c3cccnc3)c2N)cc1C. The molecule has 0 radical (unpaired) electrons. The van der Waals surface area contributed by atoms with E-state index in [0.717, 1.165) is 11.1 Å². The summed E-state index contributed by atoms with van der Waals surface area (Å²) in [6.45, 7) is 4.01. The third-order valence-electron chi connectivity index (χ3n) is 3.76. The second-order valence-electron chi connectivity index (χ2n) is 5.61. The molecule has 0 saturated carbocycles. The molecule has 0 spiro atoms. The summed E-state index contributed by atoms with van der Waals surface area (Å²) in [6.07, 6.45) is 4.34. The van der Waals surface area contributed by atoms with Crippen LogP contribution in [0.4, 0.5) is 11.5 Å². The van der Waals surface area contributed by atoms with E-state index in [4.69, 9.17) is 10.5 Å². The number of hydrogen-bond acceptors (Lipinski definition) is 7. The van der Waals surface area contributed by atoms with E-state index < -0.39 is 0 Å². The number of nitrogen functional groups attached to an aromatic ring is 1. The highest BCUT2D eigenvalue weighted by Gasteiger charge is 2.12. The number of rotatable bonds is 5. The second kappa shape index (κ2) is 7.47. The maximum Gasteiger partial charge on any atom is 0.271 e. The van der Waals surface area contributed by atoms with Gasteiger partial charge in [0, 0.05) is 12.4 Å². The number of ether oxygens (including phenoxy) is 1. The number of aryl methyl sites for hydroxylation is 2. The lowest BCUT2D eigenvalue weighted by atomic mass is 10.1. The normalized spacial score (nSPS) is 10.2. The topological polar surface area (TPSA) is 115 Å². The molecule has 0 fully saturated rings. The van der Waals surface area contributed by atoms with Gasteiger partial charge in [0.25, 0.3) is 5.91 Å². The number of pyridine rings is 1. The van der Waals surface area contributed by atoms with Crippen molar-refractivity contribution in [1.29, 1.82) is 0 Å². The van der Waals surface area contributed by atoms with Crippen LogP contribution in [0.1, 0.15) is 21.5 Å². The Labute approximate surface area is 150 Å². The average Bonchev–Trinajstić information content (AvgIpc) is 2.66. The van der Waals surface area contributed by atoms with E-state index in [1.807, 2.05) is 32.0 Å². The summed E-state index contributed by atoms with van der Waals surface area (Å²) in [4.78, 5) is 24.0. The molecule has 2 heterocycles. The van der Waals surface area contributed by atoms with Crippen LogP contribution in [0.3, 0.4) is 0 Å². The fourth-order valence-corrected chi connectivity index (χ4v) is 2.13. The molecule has 0 unspecified atom stereocenters. The van der Waals surface area contributed by atoms with Crippen LogP contribution in [-0.2, 0) is 0 Å². The van der Waals surface area contributed by atoms with Crippen LogP contribution in [0, 0.1) is 13.8 Å². The number of nitrogens with zero attached hydrogens (tertiary/aromatic N) is 3. The first-order chi connectivity index (χ1) is 12.5. The minimum atomic E-state index is -0.368. The lowest BCUT2D eigenvalue weighted by Gasteiger charge is -2.13. The number of benzene rings is 1. The molecule has 8 nitrogen and oxygen atoms in total. The Morgan fingerprint density at radius 1 is 1.15 bits per heavy atom. The molecular formula is C18H18N6O2. The Kier molecular flexibility index (Phi) is 4.93. The number of carbonyl (C=O) groups is 1. The Morgan fingerprint density at radius 3 is 2.73 bits per heavy atom. The number of carbonyl (C=O) groups excluding carboxylic acids is 1. The third kappa shape index (κ3) is 3.86. The zero-order chi connectivity index (χ0) is 18.5. The van der Waals surface area contributed by atoms with E-state index in [1.165, 1.54) is 12.5 Å². The van der Waals surface area contributed by atoms with Crippen LogP contribution < -0.4 is 21.3 Å². The highest BCUT2D eigenvalue weighted by atomic mass is 16.5. The summed E-state index contributed by atoms with van der Waals surface area (Å²) in [6, 6.07) is 9.00. The molecule has 0 bridgehead atoms. The minimum Gasteiger partial charge on any atom is -0.437 e. The molecule has 0 aliphatic carbocycles. The molecule has 0 saturated heterocycles. The summed E-state index contributed by atoms with van der Waals surface area (Å²) < 4.78 is 5.74. The minimum absolute atomic E-state index is 0.178.